The molecule has 0 rings (SSSR count). The zero-order valence-electron chi connectivity index (χ0n) is 6.50. The van der Waals surface area contributed by atoms with Gasteiger partial charge in [0.15, 0.2) is 0 Å². The molecule has 74 valence electrons. The molecular weight excluding hydrogens is 192 g/mol. The Balaban J connectivity index is 4.07. The predicted molar refractivity (Wildman–Crippen MR) is 39.2 cm³/mol. The van der Waals surface area contributed by atoms with Crippen molar-refractivity contribution in [1.82, 2.24) is 4.72 Å². The third-order valence-electron chi connectivity index (χ3n) is 1.16. The number of rotatable bonds is 5. The van der Waals surface area contributed by atoms with Gasteiger partial charge in [-0.25, -0.2) is 13.1 Å². The highest BCUT2D eigenvalue weighted by atomic mass is 32.2. The number of hydrogen-bond acceptors (Lipinski definition) is 3. The maximum Gasteiger partial charge on any atom is 0.350 e. The van der Waals surface area contributed by atoms with Crippen LogP contribution >= 0.6 is 0 Å². The monoisotopic (exact) mass is 203 g/mol. The molecule has 12 heavy (non-hydrogen) atoms. The van der Waals surface area contributed by atoms with Crippen LogP contribution < -0.4 is 4.72 Å². The molecule has 0 aliphatic carbocycles. The van der Waals surface area contributed by atoms with Crippen molar-refractivity contribution >= 4 is 10.0 Å². The first kappa shape index (κ1) is 11.7. The van der Waals surface area contributed by atoms with Crippen LogP contribution in [0.5, 0.6) is 0 Å². The van der Waals surface area contributed by atoms with E-state index in [1.54, 1.807) is 4.72 Å². The maximum atomic E-state index is 11.7. The van der Waals surface area contributed by atoms with Gasteiger partial charge in [-0.2, -0.15) is 8.78 Å². The van der Waals surface area contributed by atoms with Gasteiger partial charge in [0, 0.05) is 12.6 Å². The normalized spacial score (nSPS) is 15.1. The number of nitrogens with one attached hydrogen (secondary N) is 1. The van der Waals surface area contributed by atoms with Crippen molar-refractivity contribution in [2.75, 3.05) is 6.61 Å². The van der Waals surface area contributed by atoms with Crippen molar-refractivity contribution in [3.05, 3.63) is 0 Å². The van der Waals surface area contributed by atoms with E-state index in [1.807, 2.05) is 0 Å². The van der Waals surface area contributed by atoms with Crippen molar-refractivity contribution in [3.63, 3.8) is 0 Å². The van der Waals surface area contributed by atoms with Crippen LogP contribution in [0.3, 0.4) is 0 Å². The fourth-order valence-electron chi connectivity index (χ4n) is 0.584. The summed E-state index contributed by atoms with van der Waals surface area (Å²) in [6.07, 6.45) is 0.117. The number of hydrogen-bond donors (Lipinski definition) is 2. The highest BCUT2D eigenvalue weighted by Gasteiger charge is 2.25. The molecule has 4 nitrogen and oxygen atoms in total. The fourth-order valence-corrected chi connectivity index (χ4v) is 1.37. The highest BCUT2D eigenvalue weighted by Crippen LogP contribution is 2.03. The molecule has 2 N–H and O–H groups in total. The minimum atomic E-state index is -4.51. The summed E-state index contributed by atoms with van der Waals surface area (Å²) in [6.45, 7) is 1.16. The zero-order chi connectivity index (χ0) is 9.78. The highest BCUT2D eigenvalue weighted by molar-refractivity contribution is 7.89. The first-order valence-electron chi connectivity index (χ1n) is 3.30. The third kappa shape index (κ3) is 3.93. The van der Waals surface area contributed by atoms with E-state index >= 15 is 0 Å². The van der Waals surface area contributed by atoms with Crippen LogP contribution in [0.1, 0.15) is 13.3 Å². The van der Waals surface area contributed by atoms with E-state index in [9.17, 15) is 17.2 Å². The van der Waals surface area contributed by atoms with Gasteiger partial charge in [-0.05, 0) is 13.3 Å². The molecule has 0 radical (unpaired) electrons. The summed E-state index contributed by atoms with van der Waals surface area (Å²) in [6, 6.07) is -0.672. The van der Waals surface area contributed by atoms with E-state index in [2.05, 4.69) is 0 Å². The third-order valence-corrected chi connectivity index (χ3v) is 2.36. The average molecular weight is 203 g/mol. The number of halogens is 2. The molecule has 0 aliphatic heterocycles. The number of aliphatic hydroxyl groups excluding tert-OH is 1. The first-order chi connectivity index (χ1) is 5.40. The lowest BCUT2D eigenvalue weighted by Crippen LogP contribution is -2.36. The number of aliphatic hydroxyl groups is 1. The molecule has 1 atom stereocenters. The molecule has 0 bridgehead atoms. The fraction of sp³-hybridized carbons (Fsp3) is 1.00. The lowest BCUT2D eigenvalue weighted by molar-refractivity contribution is 0.229. The van der Waals surface area contributed by atoms with E-state index < -0.39 is 21.8 Å². The quantitative estimate of drug-likeness (QED) is 0.655. The molecule has 7 heteroatoms. The van der Waals surface area contributed by atoms with Crippen LogP contribution in [0.4, 0.5) is 8.78 Å². The average Bonchev–Trinajstić information content (AvgIpc) is 1.85. The Kier molecular flexibility index (Phi) is 4.58. The van der Waals surface area contributed by atoms with Gasteiger partial charge >= 0.3 is 5.76 Å². The van der Waals surface area contributed by atoms with Gasteiger partial charge in [0.2, 0.25) is 0 Å². The van der Waals surface area contributed by atoms with Crippen molar-refractivity contribution in [2.45, 2.75) is 25.1 Å². The van der Waals surface area contributed by atoms with Crippen molar-refractivity contribution in [3.8, 4) is 0 Å². The van der Waals surface area contributed by atoms with E-state index in [1.165, 1.54) is 6.92 Å². The van der Waals surface area contributed by atoms with Crippen LogP contribution in [-0.2, 0) is 10.0 Å². The topological polar surface area (TPSA) is 66.4 Å². The van der Waals surface area contributed by atoms with Crippen LogP contribution in [0.2, 0.25) is 0 Å². The standard InChI is InChI=1S/C5H11F2NO3S/c1-4(2-3-9)8-12(10,11)5(6)7/h4-5,8-9H,2-3H2,1H3. The summed E-state index contributed by atoms with van der Waals surface area (Å²) in [7, 11) is -4.51. The molecule has 0 aromatic carbocycles. The molecule has 0 fully saturated rings. The second kappa shape index (κ2) is 4.68. The summed E-state index contributed by atoms with van der Waals surface area (Å²) >= 11 is 0. The van der Waals surface area contributed by atoms with E-state index in [4.69, 9.17) is 5.11 Å². The first-order valence-corrected chi connectivity index (χ1v) is 4.85. The number of alkyl halides is 2. The summed E-state index contributed by atoms with van der Waals surface area (Å²) in [4.78, 5) is 0. The van der Waals surface area contributed by atoms with Gasteiger partial charge in [0.05, 0.1) is 0 Å². The van der Waals surface area contributed by atoms with Crippen molar-refractivity contribution in [1.29, 1.82) is 0 Å². The molecule has 0 saturated carbocycles. The molecule has 1 unspecified atom stereocenters. The molecule has 0 heterocycles. The Labute approximate surface area is 69.6 Å². The molecular formula is C5H11F2NO3S. The van der Waals surface area contributed by atoms with Gasteiger partial charge in [0.25, 0.3) is 10.0 Å². The van der Waals surface area contributed by atoms with Crippen LogP contribution in [0, 0.1) is 0 Å². The van der Waals surface area contributed by atoms with Gasteiger partial charge in [0.1, 0.15) is 0 Å². The van der Waals surface area contributed by atoms with E-state index in [-0.39, 0.29) is 13.0 Å². The molecule has 0 spiro atoms. The molecule has 0 saturated heterocycles. The Morgan fingerprint density at radius 2 is 2.00 bits per heavy atom. The lowest BCUT2D eigenvalue weighted by atomic mass is 10.3. The zero-order valence-corrected chi connectivity index (χ0v) is 7.31. The predicted octanol–water partition coefficient (Wildman–Crippen LogP) is -0.101. The summed E-state index contributed by atoms with van der Waals surface area (Å²) < 4.78 is 46.1. The van der Waals surface area contributed by atoms with Crippen molar-refractivity contribution < 1.29 is 22.3 Å². The van der Waals surface area contributed by atoms with Crippen LogP contribution in [-0.4, -0.2) is 31.9 Å². The Bertz CT molecular complexity index is 217. The Hall–Kier alpha value is -0.270. The van der Waals surface area contributed by atoms with Gasteiger partial charge < -0.3 is 5.11 Å². The largest absolute Gasteiger partial charge is 0.396 e. The summed E-state index contributed by atoms with van der Waals surface area (Å²) in [5.74, 6) is -3.42. The smallest absolute Gasteiger partial charge is 0.350 e. The minimum absolute atomic E-state index is 0.117. The second-order valence-electron chi connectivity index (χ2n) is 2.34. The van der Waals surface area contributed by atoms with Crippen LogP contribution in [0.15, 0.2) is 0 Å². The lowest BCUT2D eigenvalue weighted by Gasteiger charge is -2.11. The van der Waals surface area contributed by atoms with Crippen molar-refractivity contribution in [2.24, 2.45) is 0 Å². The number of sulfonamides is 1. The maximum absolute atomic E-state index is 11.7. The molecule has 0 amide bonds. The molecule has 0 aromatic heterocycles. The second-order valence-corrected chi connectivity index (χ2v) is 4.02. The van der Waals surface area contributed by atoms with Gasteiger partial charge in [-0.3, -0.25) is 0 Å². The van der Waals surface area contributed by atoms with Gasteiger partial charge in [-0.15, -0.1) is 0 Å². The molecule has 0 aliphatic rings. The Morgan fingerprint density at radius 3 is 2.33 bits per heavy atom. The Morgan fingerprint density at radius 1 is 1.50 bits per heavy atom. The van der Waals surface area contributed by atoms with Gasteiger partial charge in [-0.1, -0.05) is 0 Å². The van der Waals surface area contributed by atoms with Crippen LogP contribution in [0.25, 0.3) is 0 Å². The SMILES string of the molecule is CC(CCO)NS(=O)(=O)C(F)F. The van der Waals surface area contributed by atoms with E-state index in [0.29, 0.717) is 0 Å². The minimum Gasteiger partial charge on any atom is -0.396 e. The summed E-state index contributed by atoms with van der Waals surface area (Å²) in [5.41, 5.74) is 0. The van der Waals surface area contributed by atoms with E-state index in [0.717, 1.165) is 0 Å². The molecule has 0 aromatic rings. The summed E-state index contributed by atoms with van der Waals surface area (Å²) in [5, 5.41) is 8.35.